The lowest BCUT2D eigenvalue weighted by molar-refractivity contribution is 0.579. The number of rotatable bonds is 3. The van der Waals surface area contributed by atoms with Crippen molar-refractivity contribution in [3.8, 4) is 0 Å². The minimum absolute atomic E-state index is 0.907. The van der Waals surface area contributed by atoms with Crippen molar-refractivity contribution in [2.45, 2.75) is 26.7 Å². The molecule has 1 unspecified atom stereocenters. The molecule has 0 amide bonds. The normalized spacial score (nSPS) is 10.7. The topological polar surface area (TPSA) is 0 Å². The van der Waals surface area contributed by atoms with Crippen molar-refractivity contribution in [1.82, 2.24) is 0 Å². The molecule has 0 aromatic heterocycles. The standard InChI is InChI=1S/C6H15P/c1-6(2)4-3-5-7/h6H,3-5,7H2,1-2H3/p+1. The molecule has 0 rings (SSSR count). The molecule has 0 saturated carbocycles. The van der Waals surface area contributed by atoms with E-state index in [0.29, 0.717) is 0 Å². The van der Waals surface area contributed by atoms with E-state index in [-0.39, 0.29) is 0 Å². The maximum absolute atomic E-state index is 2.28. The van der Waals surface area contributed by atoms with Crippen molar-refractivity contribution in [2.75, 3.05) is 6.16 Å². The van der Waals surface area contributed by atoms with Crippen LogP contribution in [0.3, 0.4) is 0 Å². The van der Waals surface area contributed by atoms with Crippen molar-refractivity contribution in [3.63, 3.8) is 0 Å². The summed E-state index contributed by atoms with van der Waals surface area (Å²) in [5, 5.41) is 0. The first-order chi connectivity index (χ1) is 3.27. The van der Waals surface area contributed by atoms with Gasteiger partial charge in [-0.2, -0.15) is 0 Å². The second kappa shape index (κ2) is 4.59. The molecule has 0 radical (unpaired) electrons. The van der Waals surface area contributed by atoms with Crippen LogP contribution in [0.4, 0.5) is 0 Å². The van der Waals surface area contributed by atoms with Gasteiger partial charge in [-0.15, -0.1) is 0 Å². The Kier molecular flexibility index (Phi) is 4.87. The summed E-state index contributed by atoms with van der Waals surface area (Å²) in [4.78, 5) is 0. The summed E-state index contributed by atoms with van der Waals surface area (Å²) in [6.45, 7) is 4.55. The molecule has 0 aromatic carbocycles. The van der Waals surface area contributed by atoms with Crippen LogP contribution in [0.2, 0.25) is 0 Å². The Morgan fingerprint density at radius 2 is 2.00 bits per heavy atom. The zero-order valence-corrected chi connectivity index (χ0v) is 6.82. The van der Waals surface area contributed by atoms with Gasteiger partial charge in [-0.1, -0.05) is 13.8 Å². The maximum Gasteiger partial charge on any atom is 0.0526 e. The largest absolute Gasteiger partial charge is 0.0628 e. The molecule has 0 aliphatic heterocycles. The Bertz CT molecular complexity index is 33.2. The van der Waals surface area contributed by atoms with Gasteiger partial charge < -0.3 is 0 Å². The van der Waals surface area contributed by atoms with Crippen molar-refractivity contribution >= 4 is 9.24 Å². The van der Waals surface area contributed by atoms with Crippen molar-refractivity contribution < 1.29 is 0 Å². The summed E-state index contributed by atoms with van der Waals surface area (Å²) in [5.41, 5.74) is 0. The van der Waals surface area contributed by atoms with Gasteiger partial charge in [-0.3, -0.25) is 0 Å². The molecule has 1 heteroatoms. The van der Waals surface area contributed by atoms with Gasteiger partial charge in [0, 0.05) is 0 Å². The predicted molar refractivity (Wildman–Crippen MR) is 40.0 cm³/mol. The van der Waals surface area contributed by atoms with Gasteiger partial charge in [0.15, 0.2) is 0 Å². The molecule has 0 aromatic rings. The summed E-state index contributed by atoms with van der Waals surface area (Å²) in [5.74, 6) is 0.907. The van der Waals surface area contributed by atoms with Crippen LogP contribution in [-0.2, 0) is 0 Å². The quantitative estimate of drug-likeness (QED) is 0.499. The van der Waals surface area contributed by atoms with Gasteiger partial charge >= 0.3 is 0 Å². The van der Waals surface area contributed by atoms with Gasteiger partial charge in [0.2, 0.25) is 0 Å². The minimum atomic E-state index is 0.907. The van der Waals surface area contributed by atoms with E-state index in [2.05, 4.69) is 23.1 Å². The fourth-order valence-electron chi connectivity index (χ4n) is 0.553. The monoisotopic (exact) mass is 119 g/mol. The molecule has 0 saturated heterocycles. The highest BCUT2D eigenvalue weighted by molar-refractivity contribution is 7.16. The van der Waals surface area contributed by atoms with Gasteiger partial charge in [0.25, 0.3) is 0 Å². The molecule has 0 heterocycles. The van der Waals surface area contributed by atoms with E-state index >= 15 is 0 Å². The van der Waals surface area contributed by atoms with Gasteiger partial charge in [-0.25, -0.2) is 0 Å². The summed E-state index contributed by atoms with van der Waals surface area (Å²) in [6, 6.07) is 0. The second-order valence-corrected chi connectivity index (χ2v) is 3.10. The summed E-state index contributed by atoms with van der Waals surface area (Å²) in [6.07, 6.45) is 4.19. The molecule has 44 valence electrons. The lowest BCUT2D eigenvalue weighted by atomic mass is 10.1. The molecule has 0 aliphatic carbocycles. The van der Waals surface area contributed by atoms with Crippen LogP contribution in [0.1, 0.15) is 26.7 Å². The highest BCUT2D eigenvalue weighted by Gasteiger charge is 1.90. The summed E-state index contributed by atoms with van der Waals surface area (Å²) in [7, 11) is 2.07. The van der Waals surface area contributed by atoms with E-state index in [1.165, 1.54) is 19.0 Å². The Hall–Kier alpha value is 0.430. The van der Waals surface area contributed by atoms with Crippen LogP contribution >= 0.6 is 9.24 Å². The Balaban J connectivity index is 2.68. The highest BCUT2D eigenvalue weighted by Crippen LogP contribution is 2.04. The average Bonchev–Trinajstić information content (AvgIpc) is 1.61. The number of hydrogen-bond donors (Lipinski definition) is 0. The minimum Gasteiger partial charge on any atom is -0.0628 e. The molecule has 7 heavy (non-hydrogen) atoms. The fraction of sp³-hybridized carbons (Fsp3) is 1.00. The first-order valence-electron chi connectivity index (χ1n) is 3.06. The van der Waals surface area contributed by atoms with Gasteiger partial charge in [0.1, 0.15) is 0 Å². The molecule has 0 N–H and O–H groups in total. The lowest BCUT2D eigenvalue weighted by Gasteiger charge is -1.97. The fourth-order valence-corrected chi connectivity index (χ4v) is 0.841. The molecule has 0 spiro atoms. The third-order valence-electron chi connectivity index (χ3n) is 1.03. The zero-order chi connectivity index (χ0) is 5.70. The van der Waals surface area contributed by atoms with Crippen LogP contribution in [0, 0.1) is 5.92 Å². The maximum atomic E-state index is 2.28. The third-order valence-corrected chi connectivity index (χ3v) is 1.53. The van der Waals surface area contributed by atoms with Crippen LogP contribution in [0.5, 0.6) is 0 Å². The Morgan fingerprint density at radius 3 is 2.14 bits per heavy atom. The smallest absolute Gasteiger partial charge is 0.0526 e. The lowest BCUT2D eigenvalue weighted by Crippen LogP contribution is -1.85. The van der Waals surface area contributed by atoms with E-state index in [1.54, 1.807) is 0 Å². The van der Waals surface area contributed by atoms with Crippen molar-refractivity contribution in [1.29, 1.82) is 0 Å². The highest BCUT2D eigenvalue weighted by atomic mass is 31.0. The Morgan fingerprint density at radius 1 is 1.43 bits per heavy atom. The van der Waals surface area contributed by atoms with Crippen LogP contribution in [0.25, 0.3) is 0 Å². The Labute approximate surface area is 48.9 Å². The van der Waals surface area contributed by atoms with Gasteiger partial charge in [0.05, 0.1) is 6.16 Å². The average molecular weight is 119 g/mol. The van der Waals surface area contributed by atoms with Crippen molar-refractivity contribution in [3.05, 3.63) is 0 Å². The van der Waals surface area contributed by atoms with Crippen molar-refractivity contribution in [2.24, 2.45) is 5.92 Å². The van der Waals surface area contributed by atoms with E-state index in [1.807, 2.05) is 0 Å². The first kappa shape index (κ1) is 7.43. The second-order valence-electron chi connectivity index (χ2n) is 2.39. The summed E-state index contributed by atoms with van der Waals surface area (Å²) >= 11 is 0. The van der Waals surface area contributed by atoms with Crippen LogP contribution < -0.4 is 0 Å². The predicted octanol–water partition coefficient (Wildman–Crippen LogP) is 2.03. The van der Waals surface area contributed by atoms with E-state index in [9.17, 15) is 0 Å². The van der Waals surface area contributed by atoms with E-state index < -0.39 is 0 Å². The summed E-state index contributed by atoms with van der Waals surface area (Å²) < 4.78 is 0. The first-order valence-corrected chi connectivity index (χ1v) is 4.06. The molecular formula is C6H16P+. The number of hydrogen-bond acceptors (Lipinski definition) is 0. The molecule has 0 fully saturated rings. The van der Waals surface area contributed by atoms with E-state index in [0.717, 1.165) is 5.92 Å². The SMILES string of the molecule is CC(C)CCC[PH3+]. The molecule has 0 nitrogen and oxygen atoms in total. The molecule has 0 aliphatic rings. The third kappa shape index (κ3) is 6.43. The van der Waals surface area contributed by atoms with Gasteiger partial charge in [-0.05, 0) is 28.0 Å². The molecule has 0 bridgehead atoms. The molecule has 1 atom stereocenters. The van der Waals surface area contributed by atoms with Crippen LogP contribution in [-0.4, -0.2) is 6.16 Å². The van der Waals surface area contributed by atoms with Crippen LogP contribution in [0.15, 0.2) is 0 Å². The molecular weight excluding hydrogens is 103 g/mol. The zero-order valence-electron chi connectivity index (χ0n) is 5.41. The van der Waals surface area contributed by atoms with E-state index in [4.69, 9.17) is 0 Å².